The van der Waals surface area contributed by atoms with E-state index in [1.807, 2.05) is 16.8 Å². The van der Waals surface area contributed by atoms with Crippen molar-refractivity contribution in [3.05, 3.63) is 55.6 Å². The topological polar surface area (TPSA) is 20.3 Å². The van der Waals surface area contributed by atoms with Gasteiger partial charge in [0, 0.05) is 23.1 Å². The summed E-state index contributed by atoms with van der Waals surface area (Å²) in [4.78, 5) is 13.9. The van der Waals surface area contributed by atoms with Crippen molar-refractivity contribution in [3.63, 3.8) is 0 Å². The number of rotatable bonds is 3. The summed E-state index contributed by atoms with van der Waals surface area (Å²) in [5, 5.41) is 4.66. The molecule has 2 aromatic rings. The van der Waals surface area contributed by atoms with E-state index in [1.54, 1.807) is 41.5 Å². The van der Waals surface area contributed by atoms with Crippen molar-refractivity contribution in [3.8, 4) is 0 Å². The lowest BCUT2D eigenvalue weighted by molar-refractivity contribution is 0.0784. The van der Waals surface area contributed by atoms with Crippen molar-refractivity contribution in [1.82, 2.24) is 4.90 Å². The highest BCUT2D eigenvalue weighted by Gasteiger charge is 2.15. The van der Waals surface area contributed by atoms with Crippen molar-refractivity contribution in [1.29, 1.82) is 0 Å². The van der Waals surface area contributed by atoms with Gasteiger partial charge >= 0.3 is 0 Å². The number of benzene rings is 1. The van der Waals surface area contributed by atoms with Gasteiger partial charge in [-0.3, -0.25) is 4.79 Å². The molecule has 2 rings (SSSR count). The maximum absolute atomic E-state index is 12.3. The highest BCUT2D eigenvalue weighted by Crippen LogP contribution is 2.23. The van der Waals surface area contributed by atoms with Gasteiger partial charge in [-0.1, -0.05) is 11.6 Å². The van der Waals surface area contributed by atoms with E-state index in [-0.39, 0.29) is 5.91 Å². The number of amides is 1. The van der Waals surface area contributed by atoms with Crippen LogP contribution in [0, 0.1) is 0 Å². The van der Waals surface area contributed by atoms with E-state index in [9.17, 15) is 4.79 Å². The number of carbonyl (C=O) groups is 1. The summed E-state index contributed by atoms with van der Waals surface area (Å²) in [6, 6.07) is 7.20. The van der Waals surface area contributed by atoms with Crippen LogP contribution in [0.2, 0.25) is 5.02 Å². The van der Waals surface area contributed by atoms with Crippen LogP contribution in [0.4, 0.5) is 0 Å². The van der Waals surface area contributed by atoms with E-state index in [0.717, 1.165) is 10.0 Å². The molecule has 1 heterocycles. The maximum Gasteiger partial charge on any atom is 0.255 e. The first-order chi connectivity index (χ1) is 8.58. The Hall–Kier alpha value is -0.840. The standard InChI is InChI=1S/C13H11BrClNOS/c1-16(7-9-4-5-18-8-9)13(17)11-3-2-10(15)6-12(11)14/h2-6,8H,7H2,1H3. The lowest BCUT2D eigenvalue weighted by Gasteiger charge is -2.17. The van der Waals surface area contributed by atoms with E-state index < -0.39 is 0 Å². The average molecular weight is 345 g/mol. The van der Waals surface area contributed by atoms with E-state index >= 15 is 0 Å². The van der Waals surface area contributed by atoms with Crippen LogP contribution >= 0.6 is 38.9 Å². The average Bonchev–Trinajstić information content (AvgIpc) is 2.81. The largest absolute Gasteiger partial charge is 0.337 e. The van der Waals surface area contributed by atoms with Crippen LogP contribution in [0.15, 0.2) is 39.5 Å². The second-order valence-electron chi connectivity index (χ2n) is 3.92. The highest BCUT2D eigenvalue weighted by atomic mass is 79.9. The van der Waals surface area contributed by atoms with Crippen LogP contribution in [-0.4, -0.2) is 17.9 Å². The number of nitrogens with zero attached hydrogens (tertiary/aromatic N) is 1. The summed E-state index contributed by atoms with van der Waals surface area (Å²) >= 11 is 10.9. The van der Waals surface area contributed by atoms with E-state index in [4.69, 9.17) is 11.6 Å². The van der Waals surface area contributed by atoms with Gasteiger partial charge in [-0.25, -0.2) is 0 Å². The first kappa shape index (κ1) is 13.6. The fourth-order valence-electron chi connectivity index (χ4n) is 1.60. The van der Waals surface area contributed by atoms with Gasteiger partial charge < -0.3 is 4.90 Å². The quantitative estimate of drug-likeness (QED) is 0.806. The van der Waals surface area contributed by atoms with Crippen LogP contribution in [-0.2, 0) is 6.54 Å². The van der Waals surface area contributed by atoms with Gasteiger partial charge in [0.2, 0.25) is 0 Å². The fourth-order valence-corrected chi connectivity index (χ4v) is 3.11. The van der Waals surface area contributed by atoms with E-state index in [0.29, 0.717) is 17.1 Å². The molecule has 94 valence electrons. The molecule has 1 aromatic heterocycles. The molecular formula is C13H11BrClNOS. The lowest BCUT2D eigenvalue weighted by atomic mass is 10.2. The summed E-state index contributed by atoms with van der Waals surface area (Å²) in [6.07, 6.45) is 0. The van der Waals surface area contributed by atoms with Crippen LogP contribution in [0.3, 0.4) is 0 Å². The zero-order valence-corrected chi connectivity index (χ0v) is 12.8. The Morgan fingerprint density at radius 3 is 2.83 bits per heavy atom. The molecule has 18 heavy (non-hydrogen) atoms. The van der Waals surface area contributed by atoms with Gasteiger partial charge in [0.25, 0.3) is 5.91 Å². The SMILES string of the molecule is CN(Cc1ccsc1)C(=O)c1ccc(Cl)cc1Br. The molecule has 0 aliphatic rings. The van der Waals surface area contributed by atoms with Crippen molar-refractivity contribution in [2.24, 2.45) is 0 Å². The predicted octanol–water partition coefficient (Wildman–Crippen LogP) is 4.44. The molecule has 0 fully saturated rings. The molecule has 0 unspecified atom stereocenters. The molecule has 0 bridgehead atoms. The minimum absolute atomic E-state index is 0.0234. The smallest absolute Gasteiger partial charge is 0.255 e. The number of thiophene rings is 1. The first-order valence-electron chi connectivity index (χ1n) is 5.29. The summed E-state index contributed by atoms with van der Waals surface area (Å²) in [5.74, 6) is -0.0234. The normalized spacial score (nSPS) is 10.4. The molecule has 2 nitrogen and oxygen atoms in total. The summed E-state index contributed by atoms with van der Waals surface area (Å²) in [7, 11) is 1.79. The molecule has 0 atom stereocenters. The molecular weight excluding hydrogens is 334 g/mol. The Bertz CT molecular complexity index is 556. The van der Waals surface area contributed by atoms with Crippen molar-refractivity contribution in [2.45, 2.75) is 6.54 Å². The second kappa shape index (κ2) is 5.87. The predicted molar refractivity (Wildman–Crippen MR) is 79.3 cm³/mol. The molecule has 0 aliphatic carbocycles. The second-order valence-corrected chi connectivity index (χ2v) is 5.99. The fraction of sp³-hybridized carbons (Fsp3) is 0.154. The molecule has 0 spiro atoms. The Balaban J connectivity index is 2.15. The third kappa shape index (κ3) is 3.13. The van der Waals surface area contributed by atoms with Crippen molar-refractivity contribution in [2.75, 3.05) is 7.05 Å². The van der Waals surface area contributed by atoms with Gasteiger partial charge in [-0.2, -0.15) is 11.3 Å². The number of hydrogen-bond acceptors (Lipinski definition) is 2. The maximum atomic E-state index is 12.3. The monoisotopic (exact) mass is 343 g/mol. The summed E-state index contributed by atoms with van der Waals surface area (Å²) in [6.45, 7) is 0.609. The molecule has 1 aromatic carbocycles. The van der Waals surface area contributed by atoms with Gasteiger partial charge in [-0.05, 0) is 56.5 Å². The number of halogens is 2. The number of hydrogen-bond donors (Lipinski definition) is 0. The molecule has 1 amide bonds. The minimum Gasteiger partial charge on any atom is -0.337 e. The molecule has 0 radical (unpaired) electrons. The summed E-state index contributed by atoms with van der Waals surface area (Å²) < 4.78 is 0.720. The van der Waals surface area contributed by atoms with Crippen molar-refractivity contribution >= 4 is 44.8 Å². The van der Waals surface area contributed by atoms with Gasteiger partial charge in [0.05, 0.1) is 5.56 Å². The Morgan fingerprint density at radius 1 is 1.44 bits per heavy atom. The van der Waals surface area contributed by atoms with Crippen LogP contribution < -0.4 is 0 Å². The zero-order valence-electron chi connectivity index (χ0n) is 9.69. The highest BCUT2D eigenvalue weighted by molar-refractivity contribution is 9.10. The van der Waals surface area contributed by atoms with Gasteiger partial charge in [-0.15, -0.1) is 0 Å². The Kier molecular flexibility index (Phi) is 4.43. The third-order valence-electron chi connectivity index (χ3n) is 2.51. The zero-order chi connectivity index (χ0) is 13.1. The third-order valence-corrected chi connectivity index (χ3v) is 4.13. The van der Waals surface area contributed by atoms with Gasteiger partial charge in [0.1, 0.15) is 0 Å². The van der Waals surface area contributed by atoms with Crippen LogP contribution in [0.5, 0.6) is 0 Å². The van der Waals surface area contributed by atoms with E-state index in [2.05, 4.69) is 15.9 Å². The van der Waals surface area contributed by atoms with E-state index in [1.165, 1.54) is 0 Å². The first-order valence-corrected chi connectivity index (χ1v) is 7.41. The Morgan fingerprint density at radius 2 is 2.22 bits per heavy atom. The van der Waals surface area contributed by atoms with Crippen molar-refractivity contribution < 1.29 is 4.79 Å². The molecule has 0 saturated heterocycles. The molecule has 0 saturated carbocycles. The lowest BCUT2D eigenvalue weighted by Crippen LogP contribution is -2.26. The summed E-state index contributed by atoms with van der Waals surface area (Å²) in [5.41, 5.74) is 1.76. The van der Waals surface area contributed by atoms with Gasteiger partial charge in [0.15, 0.2) is 0 Å². The molecule has 0 N–H and O–H groups in total. The minimum atomic E-state index is -0.0234. The Labute approximate surface area is 123 Å². The van der Waals surface area contributed by atoms with Crippen LogP contribution in [0.1, 0.15) is 15.9 Å². The molecule has 0 aliphatic heterocycles. The molecule has 5 heteroatoms. The number of carbonyl (C=O) groups excluding carboxylic acids is 1. The van der Waals surface area contributed by atoms with Crippen LogP contribution in [0.25, 0.3) is 0 Å².